The number of carbonyl (C=O) groups excluding carboxylic acids is 1. The van der Waals surface area contributed by atoms with Gasteiger partial charge < -0.3 is 15.8 Å². The second-order valence-corrected chi connectivity index (χ2v) is 5.83. The molecular formula is C17H26N2O2. The maximum atomic E-state index is 12.1. The molecule has 116 valence electrons. The van der Waals surface area contributed by atoms with E-state index in [0.717, 1.165) is 24.4 Å². The number of methoxy groups -OCH3 is 1. The van der Waals surface area contributed by atoms with Crippen molar-refractivity contribution in [2.75, 3.05) is 20.2 Å². The predicted octanol–water partition coefficient (Wildman–Crippen LogP) is 2.12. The lowest BCUT2D eigenvalue weighted by atomic mass is 9.79. The first-order valence-corrected chi connectivity index (χ1v) is 7.83. The van der Waals surface area contributed by atoms with Crippen molar-refractivity contribution in [3.63, 3.8) is 0 Å². The summed E-state index contributed by atoms with van der Waals surface area (Å²) in [7, 11) is 1.63. The van der Waals surface area contributed by atoms with Gasteiger partial charge >= 0.3 is 0 Å². The molecule has 1 fully saturated rings. The van der Waals surface area contributed by atoms with Crippen LogP contribution in [0.5, 0.6) is 5.75 Å². The number of carbonyl (C=O) groups is 1. The van der Waals surface area contributed by atoms with Crippen LogP contribution in [-0.2, 0) is 11.2 Å². The van der Waals surface area contributed by atoms with Gasteiger partial charge in [-0.1, -0.05) is 31.0 Å². The molecule has 2 unspecified atom stereocenters. The molecule has 0 spiro atoms. The molecule has 0 radical (unpaired) electrons. The fourth-order valence-electron chi connectivity index (χ4n) is 3.19. The van der Waals surface area contributed by atoms with Crippen LogP contribution in [0.15, 0.2) is 24.3 Å². The standard InChI is InChI=1S/C17H26N2O2/c1-21-16-9-5-4-6-13(16)10-17(20)19-12-15-8-3-2-7-14(15)11-18/h4-6,9,14-15H,2-3,7-8,10-12,18H2,1H3,(H,19,20). The van der Waals surface area contributed by atoms with Crippen molar-refractivity contribution in [1.29, 1.82) is 0 Å². The molecular weight excluding hydrogens is 264 g/mol. The van der Waals surface area contributed by atoms with Crippen LogP contribution in [0, 0.1) is 11.8 Å². The van der Waals surface area contributed by atoms with E-state index >= 15 is 0 Å². The van der Waals surface area contributed by atoms with Crippen LogP contribution in [0.1, 0.15) is 31.2 Å². The minimum Gasteiger partial charge on any atom is -0.496 e. The van der Waals surface area contributed by atoms with Crippen LogP contribution >= 0.6 is 0 Å². The van der Waals surface area contributed by atoms with E-state index in [-0.39, 0.29) is 5.91 Å². The Balaban J connectivity index is 1.84. The molecule has 1 aliphatic rings. The number of amides is 1. The quantitative estimate of drug-likeness (QED) is 0.843. The Hall–Kier alpha value is -1.55. The van der Waals surface area contributed by atoms with Crippen molar-refractivity contribution >= 4 is 5.91 Å². The average Bonchev–Trinajstić information content (AvgIpc) is 2.53. The lowest BCUT2D eigenvalue weighted by Gasteiger charge is -2.30. The number of hydrogen-bond donors (Lipinski definition) is 2. The van der Waals surface area contributed by atoms with Gasteiger partial charge in [-0.15, -0.1) is 0 Å². The van der Waals surface area contributed by atoms with Crippen LogP contribution in [-0.4, -0.2) is 26.1 Å². The molecule has 3 N–H and O–H groups in total. The van der Waals surface area contributed by atoms with Crippen molar-refractivity contribution in [2.24, 2.45) is 17.6 Å². The van der Waals surface area contributed by atoms with E-state index in [1.54, 1.807) is 7.11 Å². The van der Waals surface area contributed by atoms with Gasteiger partial charge in [0.1, 0.15) is 5.75 Å². The third kappa shape index (κ3) is 4.46. The molecule has 0 aliphatic heterocycles. The fourth-order valence-corrected chi connectivity index (χ4v) is 3.19. The summed E-state index contributed by atoms with van der Waals surface area (Å²) in [5.41, 5.74) is 6.76. The van der Waals surface area contributed by atoms with E-state index in [0.29, 0.717) is 18.3 Å². The molecule has 1 aliphatic carbocycles. The Bertz CT molecular complexity index is 462. The van der Waals surface area contributed by atoms with E-state index in [1.165, 1.54) is 25.7 Å². The number of para-hydroxylation sites is 1. The Labute approximate surface area is 127 Å². The van der Waals surface area contributed by atoms with E-state index < -0.39 is 0 Å². The first-order chi connectivity index (χ1) is 10.2. The van der Waals surface area contributed by atoms with E-state index in [2.05, 4.69) is 5.32 Å². The summed E-state index contributed by atoms with van der Waals surface area (Å²) in [6.07, 6.45) is 5.27. The molecule has 4 heteroatoms. The lowest BCUT2D eigenvalue weighted by molar-refractivity contribution is -0.120. The van der Waals surface area contributed by atoms with Crippen LogP contribution in [0.25, 0.3) is 0 Å². The molecule has 0 saturated heterocycles. The highest BCUT2D eigenvalue weighted by Crippen LogP contribution is 2.28. The van der Waals surface area contributed by atoms with Crippen molar-refractivity contribution in [3.8, 4) is 5.75 Å². The second kappa shape index (κ2) is 8.03. The van der Waals surface area contributed by atoms with Crippen molar-refractivity contribution < 1.29 is 9.53 Å². The highest BCUT2D eigenvalue weighted by atomic mass is 16.5. The molecule has 2 rings (SSSR count). The van der Waals surface area contributed by atoms with Crippen LogP contribution in [0.2, 0.25) is 0 Å². The summed E-state index contributed by atoms with van der Waals surface area (Å²) < 4.78 is 5.28. The number of benzene rings is 1. The van der Waals surface area contributed by atoms with Gasteiger partial charge in [-0.05, 0) is 37.3 Å². The summed E-state index contributed by atoms with van der Waals surface area (Å²) in [5, 5.41) is 3.07. The normalized spacial score (nSPS) is 21.8. The summed E-state index contributed by atoms with van der Waals surface area (Å²) in [6.45, 7) is 1.48. The topological polar surface area (TPSA) is 64.3 Å². The Morgan fingerprint density at radius 2 is 2.00 bits per heavy atom. The predicted molar refractivity (Wildman–Crippen MR) is 84.2 cm³/mol. The smallest absolute Gasteiger partial charge is 0.224 e. The highest BCUT2D eigenvalue weighted by molar-refractivity contribution is 5.79. The van der Waals surface area contributed by atoms with Gasteiger partial charge in [0.15, 0.2) is 0 Å². The van der Waals surface area contributed by atoms with E-state index in [1.807, 2.05) is 24.3 Å². The summed E-state index contributed by atoms with van der Waals surface area (Å²) in [4.78, 5) is 12.1. The van der Waals surface area contributed by atoms with Crippen LogP contribution in [0.4, 0.5) is 0 Å². The molecule has 1 aromatic carbocycles. The molecule has 0 bridgehead atoms. The Morgan fingerprint density at radius 3 is 2.71 bits per heavy atom. The summed E-state index contributed by atoms with van der Waals surface area (Å²) in [6, 6.07) is 7.65. The summed E-state index contributed by atoms with van der Waals surface area (Å²) in [5.74, 6) is 1.92. The number of ether oxygens (including phenoxy) is 1. The largest absolute Gasteiger partial charge is 0.496 e. The van der Waals surface area contributed by atoms with Crippen LogP contribution in [0.3, 0.4) is 0 Å². The first-order valence-electron chi connectivity index (χ1n) is 7.83. The molecule has 1 aromatic rings. The van der Waals surface area contributed by atoms with Gasteiger partial charge in [-0.2, -0.15) is 0 Å². The monoisotopic (exact) mass is 290 g/mol. The molecule has 4 nitrogen and oxygen atoms in total. The lowest BCUT2D eigenvalue weighted by Crippen LogP contribution is -2.37. The van der Waals surface area contributed by atoms with Gasteiger partial charge in [-0.25, -0.2) is 0 Å². The van der Waals surface area contributed by atoms with E-state index in [9.17, 15) is 4.79 Å². The fraction of sp³-hybridized carbons (Fsp3) is 0.588. The average molecular weight is 290 g/mol. The minimum atomic E-state index is 0.0563. The maximum Gasteiger partial charge on any atom is 0.224 e. The number of rotatable bonds is 6. The zero-order valence-electron chi connectivity index (χ0n) is 12.8. The van der Waals surface area contributed by atoms with Gasteiger partial charge in [0.05, 0.1) is 13.5 Å². The third-order valence-corrected chi connectivity index (χ3v) is 4.47. The molecule has 21 heavy (non-hydrogen) atoms. The SMILES string of the molecule is COc1ccccc1CC(=O)NCC1CCCCC1CN. The number of hydrogen-bond acceptors (Lipinski definition) is 3. The Kier molecular flexibility index (Phi) is 6.05. The molecule has 0 heterocycles. The van der Waals surface area contributed by atoms with Gasteiger partial charge in [0, 0.05) is 12.1 Å². The van der Waals surface area contributed by atoms with Crippen LogP contribution < -0.4 is 15.8 Å². The summed E-state index contributed by atoms with van der Waals surface area (Å²) >= 11 is 0. The molecule has 1 saturated carbocycles. The minimum absolute atomic E-state index is 0.0563. The molecule has 2 atom stereocenters. The van der Waals surface area contributed by atoms with Gasteiger partial charge in [0.25, 0.3) is 0 Å². The third-order valence-electron chi connectivity index (χ3n) is 4.47. The number of nitrogens with one attached hydrogen (secondary N) is 1. The highest BCUT2D eigenvalue weighted by Gasteiger charge is 2.24. The molecule has 1 amide bonds. The second-order valence-electron chi connectivity index (χ2n) is 5.83. The van der Waals surface area contributed by atoms with E-state index in [4.69, 9.17) is 10.5 Å². The maximum absolute atomic E-state index is 12.1. The van der Waals surface area contributed by atoms with Gasteiger partial charge in [0.2, 0.25) is 5.91 Å². The zero-order chi connectivity index (χ0) is 15.1. The number of nitrogens with two attached hydrogens (primary N) is 1. The molecule has 0 aromatic heterocycles. The first kappa shape index (κ1) is 15.8. The zero-order valence-corrected chi connectivity index (χ0v) is 12.8. The van der Waals surface area contributed by atoms with Gasteiger partial charge in [-0.3, -0.25) is 4.79 Å². The van der Waals surface area contributed by atoms with Crippen molar-refractivity contribution in [3.05, 3.63) is 29.8 Å². The van der Waals surface area contributed by atoms with Crippen molar-refractivity contribution in [2.45, 2.75) is 32.1 Å². The van der Waals surface area contributed by atoms with Crippen molar-refractivity contribution in [1.82, 2.24) is 5.32 Å². The Morgan fingerprint density at radius 1 is 1.29 bits per heavy atom.